The maximum atomic E-state index is 10.1. The Hall–Kier alpha value is 0.1000. The summed E-state index contributed by atoms with van der Waals surface area (Å²) in [5.41, 5.74) is 5.22. The fourth-order valence-electron chi connectivity index (χ4n) is 2.12. The van der Waals surface area contributed by atoms with Gasteiger partial charge in [0.1, 0.15) is 6.04 Å². The molecule has 0 spiro atoms. The van der Waals surface area contributed by atoms with Crippen molar-refractivity contribution in [2.75, 3.05) is 0 Å². The van der Waals surface area contributed by atoms with Crippen molar-refractivity contribution in [3.8, 4) is 0 Å². The van der Waals surface area contributed by atoms with Gasteiger partial charge in [-0.2, -0.15) is 6.42 Å². The summed E-state index contributed by atoms with van der Waals surface area (Å²) in [5.74, 6) is -0.556. The molecule has 1 unspecified atom stereocenters. The van der Waals surface area contributed by atoms with Crippen molar-refractivity contribution in [1.29, 1.82) is 0 Å². The second-order valence-electron chi connectivity index (χ2n) is 6.30. The van der Waals surface area contributed by atoms with Gasteiger partial charge in [-0.25, -0.2) is 0 Å². The molecule has 0 aromatic heterocycles. The molecule has 5 heteroatoms. The van der Waals surface area contributed by atoms with Crippen molar-refractivity contribution in [1.82, 2.24) is 0 Å². The first-order valence-electron chi connectivity index (χ1n) is 8.79. The van der Waals surface area contributed by atoms with Crippen molar-refractivity contribution >= 4 is 12.3 Å². The molecule has 3 N–H and O–H groups in total. The van der Waals surface area contributed by atoms with Crippen LogP contribution >= 0.6 is 0 Å². The van der Waals surface area contributed by atoms with Gasteiger partial charge in [0.25, 0.3) is 0 Å². The van der Waals surface area contributed by atoms with E-state index in [2.05, 4.69) is 6.92 Å². The number of carboxylic acids is 1. The van der Waals surface area contributed by atoms with Gasteiger partial charge < -0.3 is 15.6 Å². The normalized spacial score (nSPS) is 11.2. The number of hydrogen-bond acceptors (Lipinski definition) is 3. The molecule has 0 rings (SSSR count). The molecule has 0 fully saturated rings. The molecule has 4 nitrogen and oxygen atoms in total. The van der Waals surface area contributed by atoms with Crippen LogP contribution in [0.3, 0.4) is 0 Å². The molecule has 0 aliphatic rings. The summed E-state index contributed by atoms with van der Waals surface area (Å²) in [6.45, 7) is 6.14. The molecular weight excluding hydrogens is 301 g/mol. The Morgan fingerprint density at radius 1 is 1.00 bits per heavy atom. The number of carbonyl (C=O) groups is 1. The van der Waals surface area contributed by atoms with E-state index in [4.69, 9.17) is 10.8 Å². The van der Waals surface area contributed by atoms with E-state index in [1.807, 2.05) is 20.1 Å². The van der Waals surface area contributed by atoms with Crippen molar-refractivity contribution in [3.05, 3.63) is 0 Å². The number of nitrogens with two attached hydrogens (primary N) is 1. The van der Waals surface area contributed by atoms with Gasteiger partial charge in [-0.05, 0) is 12.3 Å². The number of rotatable bonds is 13. The Labute approximate surface area is 165 Å². The predicted molar refractivity (Wildman–Crippen MR) is 92.6 cm³/mol. The van der Waals surface area contributed by atoms with E-state index >= 15 is 0 Å². The van der Waals surface area contributed by atoms with E-state index in [1.54, 1.807) is 0 Å². The van der Waals surface area contributed by atoms with Gasteiger partial charge in [0.15, 0.2) is 0 Å². The Bertz CT molecular complexity index is 261. The minimum Gasteiger partial charge on any atom is -0.542 e. The van der Waals surface area contributed by atoms with Crippen molar-refractivity contribution in [2.24, 2.45) is 11.7 Å². The third-order valence-electron chi connectivity index (χ3n) is 3.42. The Morgan fingerprint density at radius 3 is 1.74 bits per heavy atom. The zero-order valence-corrected chi connectivity index (χ0v) is 17.8. The van der Waals surface area contributed by atoms with Gasteiger partial charge in [-0.1, -0.05) is 78.6 Å². The van der Waals surface area contributed by atoms with Crippen LogP contribution in [0.2, 0.25) is 0 Å². The van der Waals surface area contributed by atoms with Crippen LogP contribution in [-0.4, -0.2) is 23.4 Å². The number of carbonyl (C=O) groups excluding carboxylic acids is 1. The average molecular weight is 337 g/mol. The average Bonchev–Trinajstić information content (AvgIpc) is 2.45. The summed E-state index contributed by atoms with van der Waals surface area (Å²) in [4.78, 5) is 20.0. The third-order valence-corrected chi connectivity index (χ3v) is 3.42. The number of aliphatic carboxylic acids is 1. The molecule has 0 radical (unpaired) electrons. The first-order chi connectivity index (χ1) is 10.5. The minimum atomic E-state index is -0.913. The summed E-state index contributed by atoms with van der Waals surface area (Å²) in [6.07, 6.45) is 14.9. The monoisotopic (exact) mass is 337 g/mol. The zero-order valence-electron chi connectivity index (χ0n) is 15.8. The van der Waals surface area contributed by atoms with Crippen LogP contribution < -0.4 is 35.3 Å². The molecular formula is C18H36NNaO3. The van der Waals surface area contributed by atoms with Crippen LogP contribution in [-0.2, 0) is 9.59 Å². The van der Waals surface area contributed by atoms with Gasteiger partial charge >= 0.3 is 35.5 Å². The van der Waals surface area contributed by atoms with Gasteiger partial charge in [0.05, 0.1) is 0 Å². The van der Waals surface area contributed by atoms with E-state index in [0.29, 0.717) is 18.8 Å². The second kappa shape index (κ2) is 22.1. The van der Waals surface area contributed by atoms with E-state index < -0.39 is 12.0 Å². The first kappa shape index (κ1) is 27.9. The van der Waals surface area contributed by atoms with Gasteiger partial charge in [0.2, 0.25) is 0 Å². The van der Waals surface area contributed by atoms with E-state index in [0.717, 1.165) is 6.42 Å². The third kappa shape index (κ3) is 27.3. The molecule has 132 valence electrons. The van der Waals surface area contributed by atoms with Crippen LogP contribution in [0.5, 0.6) is 0 Å². The molecule has 0 saturated heterocycles. The zero-order chi connectivity index (χ0) is 17.2. The smallest absolute Gasteiger partial charge is 0.542 e. The van der Waals surface area contributed by atoms with Gasteiger partial charge in [-0.15, -0.1) is 0 Å². The molecule has 0 aromatic rings. The topological polar surface area (TPSA) is 80.4 Å². The van der Waals surface area contributed by atoms with E-state index in [9.17, 15) is 9.59 Å². The second-order valence-corrected chi connectivity index (χ2v) is 6.30. The molecule has 0 heterocycles. The summed E-state index contributed by atoms with van der Waals surface area (Å²) in [6, 6.07) is -0.690. The molecule has 0 aliphatic heterocycles. The summed E-state index contributed by atoms with van der Waals surface area (Å²) in [7, 11) is 0. The van der Waals surface area contributed by atoms with Crippen molar-refractivity contribution in [2.45, 2.75) is 97.4 Å². The van der Waals surface area contributed by atoms with Gasteiger partial charge in [0, 0.05) is 0 Å². The first-order valence-corrected chi connectivity index (χ1v) is 8.79. The Morgan fingerprint density at radius 2 is 1.43 bits per heavy atom. The van der Waals surface area contributed by atoms with E-state index in [1.165, 1.54) is 51.4 Å². The fraction of sp³-hybridized carbons (Fsp3) is 0.889. The van der Waals surface area contributed by atoms with Crippen LogP contribution in [0.25, 0.3) is 0 Å². The SMILES string of the molecule is CC(C)CC(N)C(=O)O.CCCCCCCCCCC[C-]=O.[Na+]. The molecule has 0 saturated carbocycles. The fourth-order valence-corrected chi connectivity index (χ4v) is 2.12. The van der Waals surface area contributed by atoms with E-state index in [-0.39, 0.29) is 29.6 Å². The van der Waals surface area contributed by atoms with Crippen molar-refractivity contribution in [3.63, 3.8) is 0 Å². The standard InChI is InChI=1S/C12H23O.C6H13NO2.Na/c1-2-3-4-5-6-7-8-9-10-11-12-13;1-4(2)3-5(7)6(8)9;/h2-11H2,1H3;4-5H,3,7H2,1-2H3,(H,8,9);/q-1;;+1. The van der Waals surface area contributed by atoms with Crippen LogP contribution in [0.4, 0.5) is 0 Å². The number of unbranched alkanes of at least 4 members (excludes halogenated alkanes) is 9. The maximum Gasteiger partial charge on any atom is 1.00 e. The quantitative estimate of drug-likeness (QED) is 0.303. The largest absolute Gasteiger partial charge is 1.00 e. The van der Waals surface area contributed by atoms with Crippen LogP contribution in [0.1, 0.15) is 91.4 Å². The minimum absolute atomic E-state index is 0. The number of carboxylic acid groups (broad SMARTS) is 1. The summed E-state index contributed by atoms with van der Waals surface area (Å²) in [5, 5.41) is 8.31. The molecule has 1 atom stereocenters. The molecule has 0 bridgehead atoms. The molecule has 0 amide bonds. The Balaban J connectivity index is -0.000000354. The Kier molecular flexibility index (Phi) is 26.8. The van der Waals surface area contributed by atoms with Gasteiger partial charge in [-0.3, -0.25) is 11.1 Å². The van der Waals surface area contributed by atoms with Crippen LogP contribution in [0, 0.1) is 5.92 Å². The van der Waals surface area contributed by atoms with Crippen molar-refractivity contribution < 1.29 is 44.3 Å². The summed E-state index contributed by atoms with van der Waals surface area (Å²) < 4.78 is 0. The predicted octanol–water partition coefficient (Wildman–Crippen LogP) is 1.47. The summed E-state index contributed by atoms with van der Waals surface area (Å²) >= 11 is 0. The molecule has 0 aromatic carbocycles. The molecule has 23 heavy (non-hydrogen) atoms. The molecule has 0 aliphatic carbocycles. The number of hydrogen-bond donors (Lipinski definition) is 2. The van der Waals surface area contributed by atoms with Crippen LogP contribution in [0.15, 0.2) is 0 Å². The maximum absolute atomic E-state index is 10.1.